The van der Waals surface area contributed by atoms with E-state index in [0.717, 1.165) is 11.5 Å². The molecule has 184 valence electrons. The summed E-state index contributed by atoms with van der Waals surface area (Å²) in [6.45, 7) is 2.28. The second kappa shape index (κ2) is 9.55. The quantitative estimate of drug-likeness (QED) is 0.409. The van der Waals surface area contributed by atoms with Crippen LogP contribution in [-0.4, -0.2) is 57.8 Å². The Hall–Kier alpha value is -2.63. The lowest BCUT2D eigenvalue weighted by Crippen LogP contribution is -2.43. The Labute approximate surface area is 194 Å². The van der Waals surface area contributed by atoms with Crippen LogP contribution in [0.2, 0.25) is 0 Å². The molecule has 6 atom stereocenters. The molecule has 4 rings (SSSR count). The van der Waals surface area contributed by atoms with Gasteiger partial charge in [0.2, 0.25) is 0 Å². The fourth-order valence-electron chi connectivity index (χ4n) is 3.71. The molecule has 0 saturated carbocycles. The number of nitrogens with one attached hydrogen (secondary N) is 1. The summed E-state index contributed by atoms with van der Waals surface area (Å²) in [5.74, 6) is -0.414. The van der Waals surface area contributed by atoms with Crippen LogP contribution in [0.25, 0.3) is 0 Å². The minimum atomic E-state index is -4.20. The molecule has 2 aliphatic rings. The van der Waals surface area contributed by atoms with Gasteiger partial charge < -0.3 is 19.1 Å². The molecule has 3 heterocycles. The summed E-state index contributed by atoms with van der Waals surface area (Å²) in [4.78, 5) is 27.9. The molecule has 0 bridgehead atoms. The first kappa shape index (κ1) is 24.5. The van der Waals surface area contributed by atoms with Crippen LogP contribution in [0.4, 0.5) is 4.39 Å². The lowest BCUT2D eigenvalue weighted by molar-refractivity contribution is -0.139. The Morgan fingerprint density at radius 2 is 2.06 bits per heavy atom. The van der Waals surface area contributed by atoms with Crippen molar-refractivity contribution in [3.8, 4) is 5.75 Å². The number of aliphatic hydroxyl groups excluding tert-OH is 1. The molecule has 0 spiro atoms. The third-order valence-corrected chi connectivity index (χ3v) is 7.13. The standard InChI is InChI=1S/C21H25FN3O8P/c1-13-8-10-25(20(28)23-13)19-21(2,22)17(26)16(32-19)12-31-34(29,24-15-9-11-30-18(15)27)33-14-6-4-3-5-7-14/h3-8,10,15-17,19,26H,9,11-12H2,1-2H3,(H,24,29)/t15-,16+,17+,19+,21+,34?/m0/s1. The first-order chi connectivity index (χ1) is 16.1. The van der Waals surface area contributed by atoms with Crippen LogP contribution in [0.3, 0.4) is 0 Å². The number of halogens is 1. The highest BCUT2D eigenvalue weighted by Gasteiger charge is 2.56. The van der Waals surface area contributed by atoms with Gasteiger partial charge in [-0.3, -0.25) is 13.9 Å². The minimum absolute atomic E-state index is 0.146. The summed E-state index contributed by atoms with van der Waals surface area (Å²) in [7, 11) is -4.20. The van der Waals surface area contributed by atoms with Gasteiger partial charge in [-0.25, -0.2) is 13.8 Å². The predicted octanol–water partition coefficient (Wildman–Crippen LogP) is 1.65. The molecule has 1 unspecified atom stereocenters. The summed E-state index contributed by atoms with van der Waals surface area (Å²) >= 11 is 0. The maximum Gasteiger partial charge on any atom is 0.459 e. The molecule has 2 N–H and O–H groups in total. The number of aryl methyl sites for hydroxylation is 1. The Bertz CT molecular complexity index is 1140. The summed E-state index contributed by atoms with van der Waals surface area (Å²) in [5.41, 5.74) is -2.69. The molecule has 13 heteroatoms. The van der Waals surface area contributed by atoms with Crippen molar-refractivity contribution in [3.63, 3.8) is 0 Å². The molecular weight excluding hydrogens is 472 g/mol. The van der Waals surface area contributed by atoms with E-state index in [0.29, 0.717) is 5.69 Å². The van der Waals surface area contributed by atoms with Crippen molar-refractivity contribution in [3.05, 3.63) is 58.8 Å². The molecule has 1 aromatic carbocycles. The van der Waals surface area contributed by atoms with E-state index in [-0.39, 0.29) is 18.8 Å². The first-order valence-corrected chi connectivity index (χ1v) is 12.2. The number of hydrogen-bond donors (Lipinski definition) is 2. The van der Waals surface area contributed by atoms with Crippen LogP contribution in [0, 0.1) is 6.92 Å². The maximum absolute atomic E-state index is 15.4. The molecule has 34 heavy (non-hydrogen) atoms. The third-order valence-electron chi connectivity index (χ3n) is 5.57. The SMILES string of the molecule is Cc1ccn([C@@H]2O[C@H](COP(=O)(N[C@H]3CCOC3=O)Oc3ccccc3)[C@@H](O)[C@@]2(C)F)c(=O)n1. The number of hydrogen-bond acceptors (Lipinski definition) is 9. The van der Waals surface area contributed by atoms with Gasteiger partial charge in [0.25, 0.3) is 0 Å². The van der Waals surface area contributed by atoms with Crippen LogP contribution in [0.15, 0.2) is 47.4 Å². The van der Waals surface area contributed by atoms with E-state index in [9.17, 15) is 19.3 Å². The number of benzene rings is 1. The number of nitrogens with zero attached hydrogens (tertiary/aromatic N) is 2. The summed E-state index contributed by atoms with van der Waals surface area (Å²) in [6.07, 6.45) is -2.96. The zero-order valence-corrected chi connectivity index (χ0v) is 19.4. The van der Waals surface area contributed by atoms with Gasteiger partial charge in [-0.05, 0) is 32.0 Å². The Morgan fingerprint density at radius 3 is 2.71 bits per heavy atom. The normalized spacial score (nSPS) is 30.6. The molecule has 11 nitrogen and oxygen atoms in total. The zero-order valence-electron chi connectivity index (χ0n) is 18.5. The summed E-state index contributed by atoms with van der Waals surface area (Å²) < 4.78 is 51.4. The largest absolute Gasteiger partial charge is 0.464 e. The number of cyclic esters (lactones) is 1. The van der Waals surface area contributed by atoms with Crippen LogP contribution < -0.4 is 15.3 Å². The molecule has 2 fully saturated rings. The van der Waals surface area contributed by atoms with Gasteiger partial charge in [-0.1, -0.05) is 18.2 Å². The van der Waals surface area contributed by atoms with Gasteiger partial charge in [0.05, 0.1) is 13.2 Å². The van der Waals surface area contributed by atoms with E-state index in [2.05, 4.69) is 10.1 Å². The minimum Gasteiger partial charge on any atom is -0.464 e. The highest BCUT2D eigenvalue weighted by atomic mass is 31.2. The van der Waals surface area contributed by atoms with E-state index in [4.69, 9.17) is 18.5 Å². The third kappa shape index (κ3) is 5.06. The van der Waals surface area contributed by atoms with Gasteiger partial charge in [0, 0.05) is 18.3 Å². The van der Waals surface area contributed by atoms with Crippen LogP contribution in [-0.2, 0) is 23.4 Å². The van der Waals surface area contributed by atoms with Crippen molar-refractivity contribution in [1.29, 1.82) is 0 Å². The Kier molecular flexibility index (Phi) is 6.88. The average Bonchev–Trinajstić information content (AvgIpc) is 3.28. The van der Waals surface area contributed by atoms with Crippen molar-refractivity contribution in [2.24, 2.45) is 0 Å². The number of carbonyl (C=O) groups excluding carboxylic acids is 1. The summed E-state index contributed by atoms with van der Waals surface area (Å²) in [5, 5.41) is 13.1. The van der Waals surface area contributed by atoms with Crippen molar-refractivity contribution in [1.82, 2.24) is 14.6 Å². The van der Waals surface area contributed by atoms with Gasteiger partial charge in [0.15, 0.2) is 11.9 Å². The Morgan fingerprint density at radius 1 is 1.32 bits per heavy atom. The van der Waals surface area contributed by atoms with Crippen LogP contribution in [0.1, 0.15) is 25.3 Å². The fraction of sp³-hybridized carbons (Fsp3) is 0.476. The highest BCUT2D eigenvalue weighted by molar-refractivity contribution is 7.52. The van der Waals surface area contributed by atoms with E-state index in [1.165, 1.54) is 24.4 Å². The lowest BCUT2D eigenvalue weighted by Gasteiger charge is -2.25. The molecular formula is C21H25FN3O8P. The number of rotatable bonds is 8. The number of carbonyl (C=O) groups is 1. The van der Waals surface area contributed by atoms with Crippen molar-refractivity contribution in [2.75, 3.05) is 13.2 Å². The number of aromatic nitrogens is 2. The Balaban J connectivity index is 1.52. The molecule has 2 saturated heterocycles. The van der Waals surface area contributed by atoms with Gasteiger partial charge in [-0.2, -0.15) is 10.1 Å². The van der Waals surface area contributed by atoms with Crippen LogP contribution >= 0.6 is 7.75 Å². The van der Waals surface area contributed by atoms with E-state index < -0.39 is 56.2 Å². The first-order valence-electron chi connectivity index (χ1n) is 10.6. The molecule has 1 aromatic heterocycles. The second-order valence-electron chi connectivity index (χ2n) is 8.22. The van der Waals surface area contributed by atoms with Gasteiger partial charge in [-0.15, -0.1) is 0 Å². The van der Waals surface area contributed by atoms with Gasteiger partial charge in [0.1, 0.15) is 24.0 Å². The highest BCUT2D eigenvalue weighted by Crippen LogP contribution is 2.48. The molecule has 0 amide bonds. The fourth-order valence-corrected chi connectivity index (χ4v) is 5.25. The zero-order chi connectivity index (χ0) is 24.5. The number of ether oxygens (including phenoxy) is 2. The molecule has 0 aliphatic carbocycles. The number of para-hydroxylation sites is 1. The monoisotopic (exact) mass is 497 g/mol. The molecule has 2 aromatic rings. The lowest BCUT2D eigenvalue weighted by atomic mass is 9.98. The second-order valence-corrected chi connectivity index (χ2v) is 9.91. The molecule has 0 radical (unpaired) electrons. The maximum atomic E-state index is 15.4. The topological polar surface area (TPSA) is 138 Å². The van der Waals surface area contributed by atoms with E-state index in [1.54, 1.807) is 25.1 Å². The molecule has 2 aliphatic heterocycles. The number of esters is 1. The van der Waals surface area contributed by atoms with Crippen molar-refractivity contribution in [2.45, 2.75) is 50.4 Å². The smallest absolute Gasteiger partial charge is 0.459 e. The van der Waals surface area contributed by atoms with Crippen molar-refractivity contribution < 1.29 is 37.4 Å². The van der Waals surface area contributed by atoms with E-state index in [1.807, 2.05) is 0 Å². The summed E-state index contributed by atoms with van der Waals surface area (Å²) in [6, 6.07) is 8.69. The van der Waals surface area contributed by atoms with Gasteiger partial charge >= 0.3 is 19.4 Å². The number of aliphatic hydroxyl groups is 1. The predicted molar refractivity (Wildman–Crippen MR) is 116 cm³/mol. The van der Waals surface area contributed by atoms with E-state index >= 15 is 4.39 Å². The number of alkyl halides is 1. The van der Waals surface area contributed by atoms with Crippen LogP contribution in [0.5, 0.6) is 5.75 Å². The average molecular weight is 497 g/mol. The van der Waals surface area contributed by atoms with Crippen molar-refractivity contribution >= 4 is 13.7 Å².